The maximum absolute atomic E-state index is 12.3. The Morgan fingerprint density at radius 1 is 1.23 bits per heavy atom. The third-order valence-electron chi connectivity index (χ3n) is 3.89. The van der Waals surface area contributed by atoms with Crippen molar-refractivity contribution in [3.05, 3.63) is 67.1 Å². The van der Waals surface area contributed by atoms with Crippen LogP contribution in [0.15, 0.2) is 41.5 Å². The lowest BCUT2D eigenvalue weighted by atomic mass is 10.2. The number of hydrogen-bond donors (Lipinski definition) is 2. The number of phenolic OH excluding ortho intramolecular Hbond substituents is 1. The summed E-state index contributed by atoms with van der Waals surface area (Å²) in [6.07, 6.45) is 1.17. The van der Waals surface area contributed by atoms with Gasteiger partial charge in [0, 0.05) is 33.8 Å². The highest BCUT2D eigenvalue weighted by Gasteiger charge is 2.20. The van der Waals surface area contributed by atoms with Crippen LogP contribution in [0.25, 0.3) is 10.1 Å². The fourth-order valence-corrected chi connectivity index (χ4v) is 3.50. The van der Waals surface area contributed by atoms with E-state index in [4.69, 9.17) is 4.74 Å². The van der Waals surface area contributed by atoms with Crippen molar-refractivity contribution in [3.8, 4) is 11.5 Å². The van der Waals surface area contributed by atoms with Crippen LogP contribution in [0.1, 0.15) is 22.2 Å². The average Bonchev–Trinajstić information content (AvgIpc) is 3.13. The van der Waals surface area contributed by atoms with Crippen LogP contribution in [-0.4, -0.2) is 33.7 Å². The summed E-state index contributed by atoms with van der Waals surface area (Å²) in [5.41, 5.74) is 1.89. The molecule has 1 heterocycles. The number of ether oxygens (including phenoxy) is 1. The SMILES string of the molecule is CCOc1cc(/C=N/NC(=O)c2cc3cc([N+](=O)[O-])ccc3s2)cc([N+](=O)[O-])c1O. The molecule has 3 rings (SSSR count). The van der Waals surface area contributed by atoms with Crippen molar-refractivity contribution in [2.24, 2.45) is 5.10 Å². The quantitative estimate of drug-likeness (QED) is 0.329. The van der Waals surface area contributed by atoms with E-state index in [0.717, 1.165) is 17.4 Å². The summed E-state index contributed by atoms with van der Waals surface area (Å²) in [5, 5.41) is 36.2. The van der Waals surface area contributed by atoms with Gasteiger partial charge in [0.1, 0.15) is 0 Å². The topological polar surface area (TPSA) is 157 Å². The second-order valence-corrected chi connectivity index (χ2v) is 6.95. The lowest BCUT2D eigenvalue weighted by Crippen LogP contribution is -2.16. The Balaban J connectivity index is 1.79. The number of amides is 1. The Morgan fingerprint density at radius 2 is 2.00 bits per heavy atom. The van der Waals surface area contributed by atoms with Crippen LogP contribution in [0.3, 0.4) is 0 Å². The third-order valence-corrected chi connectivity index (χ3v) is 5.00. The molecule has 0 spiro atoms. The monoisotopic (exact) mass is 430 g/mol. The lowest BCUT2D eigenvalue weighted by Gasteiger charge is -2.07. The van der Waals surface area contributed by atoms with Crippen LogP contribution in [0, 0.1) is 20.2 Å². The van der Waals surface area contributed by atoms with Crippen molar-refractivity contribution < 1.29 is 24.5 Å². The number of aromatic hydroxyl groups is 1. The Morgan fingerprint density at radius 3 is 2.67 bits per heavy atom. The Hall–Kier alpha value is -4.06. The maximum atomic E-state index is 12.3. The summed E-state index contributed by atoms with van der Waals surface area (Å²) >= 11 is 1.14. The van der Waals surface area contributed by atoms with Gasteiger partial charge in [0.15, 0.2) is 5.75 Å². The van der Waals surface area contributed by atoms with E-state index in [2.05, 4.69) is 10.5 Å². The van der Waals surface area contributed by atoms with E-state index in [-0.39, 0.29) is 28.5 Å². The second-order valence-electron chi connectivity index (χ2n) is 5.87. The zero-order chi connectivity index (χ0) is 21.8. The standard InChI is InChI=1S/C18H14N4O7S/c1-2-29-14-6-10(5-13(17(14)23)22(27)28)9-19-20-18(24)16-8-11-7-12(21(25)26)3-4-15(11)30-16/h3-9,23H,2H2,1H3,(H,20,24)/b19-9+. The molecule has 11 nitrogen and oxygen atoms in total. The van der Waals surface area contributed by atoms with Gasteiger partial charge in [-0.3, -0.25) is 25.0 Å². The van der Waals surface area contributed by atoms with Crippen molar-refractivity contribution in [1.82, 2.24) is 5.43 Å². The summed E-state index contributed by atoms with van der Waals surface area (Å²) in [6, 6.07) is 8.23. The van der Waals surface area contributed by atoms with E-state index in [1.54, 1.807) is 13.0 Å². The number of phenols is 1. The first-order valence-electron chi connectivity index (χ1n) is 8.45. The Bertz CT molecular complexity index is 1190. The highest BCUT2D eigenvalue weighted by molar-refractivity contribution is 7.20. The van der Waals surface area contributed by atoms with Gasteiger partial charge in [-0.25, -0.2) is 5.43 Å². The van der Waals surface area contributed by atoms with Crippen molar-refractivity contribution >= 4 is 44.9 Å². The van der Waals surface area contributed by atoms with Crippen LogP contribution in [0.5, 0.6) is 11.5 Å². The number of non-ortho nitro benzene ring substituents is 1. The first-order valence-corrected chi connectivity index (χ1v) is 9.27. The fraction of sp³-hybridized carbons (Fsp3) is 0.111. The number of thiophene rings is 1. The summed E-state index contributed by atoms with van der Waals surface area (Å²) in [4.78, 5) is 33.2. The molecular formula is C18H14N4O7S. The molecule has 0 fully saturated rings. The Labute approximate surface area is 172 Å². The minimum absolute atomic E-state index is 0.0782. The predicted molar refractivity (Wildman–Crippen MR) is 109 cm³/mol. The van der Waals surface area contributed by atoms with Crippen molar-refractivity contribution in [3.63, 3.8) is 0 Å². The van der Waals surface area contributed by atoms with E-state index < -0.39 is 27.2 Å². The first kappa shape index (κ1) is 20.7. The van der Waals surface area contributed by atoms with E-state index in [0.29, 0.717) is 10.1 Å². The van der Waals surface area contributed by atoms with Gasteiger partial charge in [-0.1, -0.05) is 0 Å². The van der Waals surface area contributed by atoms with Crippen molar-refractivity contribution in [2.75, 3.05) is 6.61 Å². The average molecular weight is 430 g/mol. The number of carbonyl (C=O) groups excluding carboxylic acids is 1. The zero-order valence-electron chi connectivity index (χ0n) is 15.4. The molecule has 0 aliphatic rings. The number of nitro groups is 2. The number of nitrogens with zero attached hydrogens (tertiary/aromatic N) is 3. The molecule has 0 aliphatic heterocycles. The van der Waals surface area contributed by atoms with Gasteiger partial charge in [-0.2, -0.15) is 5.10 Å². The van der Waals surface area contributed by atoms with Crippen molar-refractivity contribution in [1.29, 1.82) is 0 Å². The molecule has 2 N–H and O–H groups in total. The van der Waals surface area contributed by atoms with Crippen LogP contribution in [-0.2, 0) is 0 Å². The molecule has 0 radical (unpaired) electrons. The summed E-state index contributed by atoms with van der Waals surface area (Å²) < 4.78 is 5.87. The molecule has 1 aromatic heterocycles. The molecule has 0 saturated heterocycles. The van der Waals surface area contributed by atoms with Gasteiger partial charge in [0.25, 0.3) is 11.6 Å². The van der Waals surface area contributed by atoms with Crippen LogP contribution < -0.4 is 10.2 Å². The number of hydrogen-bond acceptors (Lipinski definition) is 9. The molecule has 0 atom stereocenters. The molecule has 3 aromatic rings. The lowest BCUT2D eigenvalue weighted by molar-refractivity contribution is -0.386. The van der Waals surface area contributed by atoms with Gasteiger partial charge in [-0.05, 0) is 25.1 Å². The first-order chi connectivity index (χ1) is 14.3. The van der Waals surface area contributed by atoms with E-state index in [9.17, 15) is 30.1 Å². The molecule has 0 aliphatic carbocycles. The molecular weight excluding hydrogens is 416 g/mol. The summed E-state index contributed by atoms with van der Waals surface area (Å²) in [5.74, 6) is -1.22. The van der Waals surface area contributed by atoms with Crippen LogP contribution >= 0.6 is 11.3 Å². The summed E-state index contributed by atoms with van der Waals surface area (Å²) in [7, 11) is 0. The summed E-state index contributed by atoms with van der Waals surface area (Å²) in [6.45, 7) is 1.85. The zero-order valence-corrected chi connectivity index (χ0v) is 16.2. The fourth-order valence-electron chi connectivity index (χ4n) is 2.57. The molecule has 154 valence electrons. The second kappa shape index (κ2) is 8.53. The number of rotatable bonds is 7. The number of benzene rings is 2. The number of hydrazone groups is 1. The molecule has 0 saturated carbocycles. The van der Waals surface area contributed by atoms with Gasteiger partial charge in [0.2, 0.25) is 5.75 Å². The van der Waals surface area contributed by atoms with Crippen LogP contribution in [0.4, 0.5) is 11.4 Å². The molecule has 1 amide bonds. The van der Waals surface area contributed by atoms with Gasteiger partial charge in [-0.15, -0.1) is 11.3 Å². The maximum Gasteiger partial charge on any atom is 0.315 e. The van der Waals surface area contributed by atoms with E-state index in [1.807, 2.05) is 0 Å². The molecule has 0 unspecified atom stereocenters. The van der Waals surface area contributed by atoms with Gasteiger partial charge < -0.3 is 9.84 Å². The molecule has 0 bridgehead atoms. The smallest absolute Gasteiger partial charge is 0.315 e. The van der Waals surface area contributed by atoms with Gasteiger partial charge >= 0.3 is 5.69 Å². The number of nitrogens with one attached hydrogen (secondary N) is 1. The number of carbonyl (C=O) groups is 1. The molecule has 2 aromatic carbocycles. The van der Waals surface area contributed by atoms with Crippen LogP contribution in [0.2, 0.25) is 0 Å². The third kappa shape index (κ3) is 4.33. The van der Waals surface area contributed by atoms with E-state index >= 15 is 0 Å². The minimum atomic E-state index is -0.760. The number of nitro benzene ring substituents is 2. The minimum Gasteiger partial charge on any atom is -0.500 e. The Kier molecular flexibility index (Phi) is 5.88. The van der Waals surface area contributed by atoms with Crippen molar-refractivity contribution in [2.45, 2.75) is 6.92 Å². The largest absolute Gasteiger partial charge is 0.500 e. The van der Waals surface area contributed by atoms with E-state index in [1.165, 1.54) is 30.5 Å². The number of fused-ring (bicyclic) bond motifs is 1. The normalized spacial score (nSPS) is 11.0. The highest BCUT2D eigenvalue weighted by Crippen LogP contribution is 2.36. The van der Waals surface area contributed by atoms with Gasteiger partial charge in [0.05, 0.1) is 27.5 Å². The predicted octanol–water partition coefficient (Wildman–Crippen LogP) is 3.59. The molecule has 30 heavy (non-hydrogen) atoms. The molecule has 12 heteroatoms. The highest BCUT2D eigenvalue weighted by atomic mass is 32.1.